The summed E-state index contributed by atoms with van der Waals surface area (Å²) in [6.45, 7) is 1.53. The minimum absolute atomic E-state index is 0.215. The molecule has 0 atom stereocenters. The van der Waals surface area contributed by atoms with E-state index in [1.165, 1.54) is 0 Å². The first-order valence-corrected chi connectivity index (χ1v) is 9.93. The van der Waals surface area contributed by atoms with E-state index < -0.39 is 5.60 Å². The average molecular weight is 388 g/mol. The van der Waals surface area contributed by atoms with E-state index in [2.05, 4.69) is 10.9 Å². The number of ether oxygens (including phenoxy) is 1. The van der Waals surface area contributed by atoms with Crippen LogP contribution in [0.4, 0.5) is 0 Å². The number of aliphatic hydroxyl groups is 1. The molecule has 1 amide bonds. The molecule has 0 saturated carbocycles. The molecule has 2 heterocycles. The van der Waals surface area contributed by atoms with Crippen molar-refractivity contribution in [1.82, 2.24) is 4.90 Å². The fraction of sp³-hybridized carbons (Fsp3) is 0.333. The molecule has 2 aromatic carbocycles. The summed E-state index contributed by atoms with van der Waals surface area (Å²) in [5, 5.41) is 11.2. The number of amidine groups is 1. The molecular weight excluding hydrogens is 364 g/mol. The Bertz CT molecular complexity index is 982. The highest BCUT2D eigenvalue weighted by Crippen LogP contribution is 2.35. The fourth-order valence-corrected chi connectivity index (χ4v) is 4.08. The molecule has 2 aliphatic heterocycles. The summed E-state index contributed by atoms with van der Waals surface area (Å²) >= 11 is 0. The molecule has 2 aromatic rings. The number of carbonyl (C=O) groups excluding carboxylic acids is 1. The number of fused-ring (bicyclic) bond motifs is 1. The maximum atomic E-state index is 12.5. The van der Waals surface area contributed by atoms with Crippen molar-refractivity contribution in [1.29, 1.82) is 0 Å². The molecule has 2 aliphatic rings. The van der Waals surface area contributed by atoms with Crippen molar-refractivity contribution in [3.05, 3.63) is 70.8 Å². The van der Waals surface area contributed by atoms with Crippen molar-refractivity contribution in [3.8, 4) is 12.3 Å². The topological polar surface area (TPSA) is 62.1 Å². The second kappa shape index (κ2) is 8.10. The van der Waals surface area contributed by atoms with Crippen LogP contribution in [0.1, 0.15) is 35.1 Å². The van der Waals surface area contributed by atoms with Gasteiger partial charge < -0.3 is 14.7 Å². The summed E-state index contributed by atoms with van der Waals surface area (Å²) in [4.78, 5) is 18.7. The summed E-state index contributed by atoms with van der Waals surface area (Å²) in [6, 6.07) is 15.8. The van der Waals surface area contributed by atoms with E-state index in [4.69, 9.17) is 11.2 Å². The van der Waals surface area contributed by atoms with Gasteiger partial charge in [0.05, 0.1) is 18.6 Å². The number of terminal acetylenes is 1. The lowest BCUT2D eigenvalue weighted by Gasteiger charge is -2.39. The number of likely N-dealkylation sites (tertiary alicyclic amines) is 1. The predicted octanol–water partition coefficient (Wildman–Crippen LogP) is 2.65. The molecule has 4 rings (SSSR count). The van der Waals surface area contributed by atoms with Crippen molar-refractivity contribution in [2.45, 2.75) is 31.3 Å². The SMILES string of the molecule is C#Cc1ccccc1C1(O)CCN(C2=NC(=O)Cc3ccccc3CCO2)CC1. The zero-order valence-electron chi connectivity index (χ0n) is 16.3. The third-order valence-corrected chi connectivity index (χ3v) is 5.73. The van der Waals surface area contributed by atoms with Crippen LogP contribution in [0.5, 0.6) is 0 Å². The van der Waals surface area contributed by atoms with Crippen LogP contribution in [0.2, 0.25) is 0 Å². The number of aliphatic imine (C=N–C) groups is 1. The van der Waals surface area contributed by atoms with Gasteiger partial charge in [-0.1, -0.05) is 48.4 Å². The Morgan fingerprint density at radius 2 is 1.76 bits per heavy atom. The molecule has 0 bridgehead atoms. The molecule has 0 radical (unpaired) electrons. The summed E-state index contributed by atoms with van der Waals surface area (Å²) < 4.78 is 5.89. The van der Waals surface area contributed by atoms with Crippen LogP contribution >= 0.6 is 0 Å². The Morgan fingerprint density at radius 1 is 1.07 bits per heavy atom. The number of piperidine rings is 1. The number of carbonyl (C=O) groups is 1. The van der Waals surface area contributed by atoms with Crippen LogP contribution in [0.15, 0.2) is 53.5 Å². The second-order valence-electron chi connectivity index (χ2n) is 7.54. The number of nitrogens with zero attached hydrogens (tertiary/aromatic N) is 2. The summed E-state index contributed by atoms with van der Waals surface area (Å²) in [7, 11) is 0. The molecule has 1 saturated heterocycles. The van der Waals surface area contributed by atoms with E-state index in [-0.39, 0.29) is 12.3 Å². The number of amides is 1. The molecule has 0 spiro atoms. The van der Waals surface area contributed by atoms with Crippen LogP contribution in [-0.4, -0.2) is 41.6 Å². The van der Waals surface area contributed by atoms with E-state index in [0.717, 1.165) is 23.1 Å². The van der Waals surface area contributed by atoms with Crippen molar-refractivity contribution < 1.29 is 14.6 Å². The smallest absolute Gasteiger partial charge is 0.295 e. The third kappa shape index (κ3) is 4.03. The molecule has 0 unspecified atom stereocenters. The molecular formula is C24H24N2O3. The number of hydrogen-bond donors (Lipinski definition) is 1. The van der Waals surface area contributed by atoms with Crippen LogP contribution < -0.4 is 0 Å². The Hall–Kier alpha value is -3.10. The van der Waals surface area contributed by atoms with Crippen LogP contribution in [-0.2, 0) is 28.0 Å². The molecule has 0 aromatic heterocycles. The second-order valence-corrected chi connectivity index (χ2v) is 7.54. The van der Waals surface area contributed by atoms with Crippen molar-refractivity contribution in [2.24, 2.45) is 4.99 Å². The molecule has 1 N–H and O–H groups in total. The van der Waals surface area contributed by atoms with Gasteiger partial charge in [-0.25, -0.2) is 0 Å². The van der Waals surface area contributed by atoms with Gasteiger partial charge in [0.2, 0.25) is 0 Å². The first-order valence-electron chi connectivity index (χ1n) is 9.93. The molecule has 29 heavy (non-hydrogen) atoms. The average Bonchev–Trinajstić information content (AvgIpc) is 2.82. The Labute approximate surface area is 171 Å². The summed E-state index contributed by atoms with van der Waals surface area (Å²) in [6.07, 6.45) is 7.59. The molecule has 5 nitrogen and oxygen atoms in total. The summed E-state index contributed by atoms with van der Waals surface area (Å²) in [5.74, 6) is 2.45. The van der Waals surface area contributed by atoms with E-state index in [1.807, 2.05) is 53.4 Å². The first-order chi connectivity index (χ1) is 14.1. The zero-order valence-corrected chi connectivity index (χ0v) is 16.3. The summed E-state index contributed by atoms with van der Waals surface area (Å²) in [5.41, 5.74) is 2.64. The lowest BCUT2D eigenvalue weighted by atomic mass is 9.82. The molecule has 5 heteroatoms. The predicted molar refractivity (Wildman–Crippen MR) is 111 cm³/mol. The minimum Gasteiger partial charge on any atom is -0.464 e. The highest BCUT2D eigenvalue weighted by Gasteiger charge is 2.37. The Balaban J connectivity index is 1.49. The van der Waals surface area contributed by atoms with E-state index in [9.17, 15) is 9.90 Å². The Morgan fingerprint density at radius 3 is 2.52 bits per heavy atom. The molecule has 0 aliphatic carbocycles. The van der Waals surface area contributed by atoms with Crippen LogP contribution in [0.25, 0.3) is 0 Å². The largest absolute Gasteiger partial charge is 0.464 e. The number of rotatable bonds is 1. The third-order valence-electron chi connectivity index (χ3n) is 5.73. The van der Waals surface area contributed by atoms with Gasteiger partial charge in [-0.2, -0.15) is 4.99 Å². The lowest BCUT2D eigenvalue weighted by molar-refractivity contribution is -0.117. The first kappa shape index (κ1) is 19.2. The zero-order chi connectivity index (χ0) is 20.3. The lowest BCUT2D eigenvalue weighted by Crippen LogP contribution is -2.46. The Kier molecular flexibility index (Phi) is 5.37. The highest BCUT2D eigenvalue weighted by molar-refractivity contribution is 5.91. The molecule has 1 fully saturated rings. The van der Waals surface area contributed by atoms with E-state index >= 15 is 0 Å². The van der Waals surface area contributed by atoms with Gasteiger partial charge in [0.25, 0.3) is 11.9 Å². The van der Waals surface area contributed by atoms with Crippen LogP contribution in [0, 0.1) is 12.3 Å². The van der Waals surface area contributed by atoms with Crippen molar-refractivity contribution >= 4 is 11.9 Å². The quantitative estimate of drug-likeness (QED) is 0.763. The molecule has 148 valence electrons. The normalized spacial score (nSPS) is 19.0. The van der Waals surface area contributed by atoms with Gasteiger partial charge in [0.15, 0.2) is 0 Å². The van der Waals surface area contributed by atoms with Crippen LogP contribution in [0.3, 0.4) is 0 Å². The number of hydrogen-bond acceptors (Lipinski definition) is 4. The monoisotopic (exact) mass is 388 g/mol. The van der Waals surface area contributed by atoms with Crippen molar-refractivity contribution in [3.63, 3.8) is 0 Å². The maximum Gasteiger partial charge on any atom is 0.295 e. The highest BCUT2D eigenvalue weighted by atomic mass is 16.5. The van der Waals surface area contributed by atoms with Gasteiger partial charge in [-0.05, 0) is 35.6 Å². The van der Waals surface area contributed by atoms with Gasteiger partial charge in [0, 0.05) is 25.1 Å². The maximum absolute atomic E-state index is 12.5. The number of benzene rings is 2. The van der Waals surface area contributed by atoms with E-state index in [0.29, 0.717) is 44.1 Å². The standard InChI is InChI=1S/C24H24N2O3/c1-2-18-7-5-6-10-21(18)24(28)12-14-26(15-13-24)23-25-22(27)17-20-9-4-3-8-19(20)11-16-29-23/h1,3-10,28H,11-17H2. The van der Waals surface area contributed by atoms with Crippen molar-refractivity contribution in [2.75, 3.05) is 19.7 Å². The fourth-order valence-electron chi connectivity index (χ4n) is 4.08. The van der Waals surface area contributed by atoms with Gasteiger partial charge >= 0.3 is 0 Å². The minimum atomic E-state index is -0.987. The van der Waals surface area contributed by atoms with Gasteiger partial charge in [-0.3, -0.25) is 4.79 Å². The van der Waals surface area contributed by atoms with Gasteiger partial charge in [0.1, 0.15) is 0 Å². The van der Waals surface area contributed by atoms with E-state index in [1.54, 1.807) is 0 Å². The van der Waals surface area contributed by atoms with Gasteiger partial charge in [-0.15, -0.1) is 6.42 Å².